The molecule has 7 nitrogen and oxygen atoms in total. The minimum absolute atomic E-state index is 0.112. The Kier molecular flexibility index (Phi) is 5.26. The Morgan fingerprint density at radius 3 is 2.59 bits per heavy atom. The highest BCUT2D eigenvalue weighted by Gasteiger charge is 2.28. The van der Waals surface area contributed by atoms with Crippen molar-refractivity contribution in [3.63, 3.8) is 0 Å². The number of aromatic nitrogens is 3. The lowest BCUT2D eigenvalue weighted by Crippen LogP contribution is -2.36. The van der Waals surface area contributed by atoms with Crippen LogP contribution >= 0.6 is 0 Å². The van der Waals surface area contributed by atoms with Crippen molar-refractivity contribution in [1.29, 1.82) is 0 Å². The van der Waals surface area contributed by atoms with E-state index < -0.39 is 5.97 Å². The van der Waals surface area contributed by atoms with Crippen LogP contribution in [0.25, 0.3) is 17.0 Å². The Labute approximate surface area is 170 Å². The highest BCUT2D eigenvalue weighted by Crippen LogP contribution is 2.36. The van der Waals surface area contributed by atoms with Crippen LogP contribution in [0, 0.1) is 5.41 Å². The van der Waals surface area contributed by atoms with Crippen LogP contribution in [0.15, 0.2) is 36.7 Å². The molecule has 7 heteroatoms. The van der Waals surface area contributed by atoms with Gasteiger partial charge in [-0.3, -0.25) is 4.40 Å². The molecule has 2 N–H and O–H groups in total. The third-order valence-corrected chi connectivity index (χ3v) is 4.54. The van der Waals surface area contributed by atoms with Gasteiger partial charge >= 0.3 is 5.97 Å². The molecule has 0 unspecified atom stereocenters. The molecule has 0 amide bonds. The number of carboxylic acid groups (broad SMARTS) is 1. The van der Waals surface area contributed by atoms with Crippen LogP contribution < -0.4 is 10.1 Å². The number of benzene rings is 1. The topological polar surface area (TPSA) is 88.8 Å². The first-order chi connectivity index (χ1) is 13.5. The molecule has 0 fully saturated rings. The number of aromatic carboxylic acids is 1. The first kappa shape index (κ1) is 20.6. The number of carbonyl (C=O) groups is 1. The Bertz CT molecular complexity index is 1050. The second kappa shape index (κ2) is 7.39. The molecular formula is C22H28N4O3. The second-order valence-corrected chi connectivity index (χ2v) is 9.07. The van der Waals surface area contributed by atoms with Crippen LogP contribution in [0.2, 0.25) is 0 Å². The van der Waals surface area contributed by atoms with Gasteiger partial charge in [-0.1, -0.05) is 26.8 Å². The van der Waals surface area contributed by atoms with Gasteiger partial charge in [0, 0.05) is 23.5 Å². The van der Waals surface area contributed by atoms with Crippen molar-refractivity contribution in [1.82, 2.24) is 14.4 Å². The zero-order valence-electron chi connectivity index (χ0n) is 17.8. The maximum Gasteiger partial charge on any atom is 0.339 e. The van der Waals surface area contributed by atoms with E-state index in [-0.39, 0.29) is 16.5 Å². The van der Waals surface area contributed by atoms with Crippen LogP contribution in [0.1, 0.15) is 51.4 Å². The van der Waals surface area contributed by atoms with E-state index in [1.54, 1.807) is 18.3 Å². The van der Waals surface area contributed by atoms with Crippen molar-refractivity contribution in [3.05, 3.63) is 42.2 Å². The van der Waals surface area contributed by atoms with Crippen LogP contribution in [0.3, 0.4) is 0 Å². The number of hydrogen-bond acceptors (Lipinski definition) is 5. The molecule has 0 bridgehead atoms. The van der Waals surface area contributed by atoms with Gasteiger partial charge in [0.25, 0.3) is 0 Å². The molecule has 0 radical (unpaired) electrons. The summed E-state index contributed by atoms with van der Waals surface area (Å²) in [5.41, 5.74) is 1.50. The molecule has 2 heterocycles. The number of fused-ring (bicyclic) bond motifs is 1. The number of carboxylic acids is 1. The lowest BCUT2D eigenvalue weighted by Gasteiger charge is -2.34. The predicted molar refractivity (Wildman–Crippen MR) is 114 cm³/mol. The summed E-state index contributed by atoms with van der Waals surface area (Å²) in [5, 5.41) is 13.0. The number of nitrogens with one attached hydrogen (secondary N) is 1. The van der Waals surface area contributed by atoms with E-state index in [1.807, 2.05) is 16.7 Å². The van der Waals surface area contributed by atoms with Gasteiger partial charge in [0.1, 0.15) is 22.8 Å². The number of ether oxygens (including phenoxy) is 1. The summed E-state index contributed by atoms with van der Waals surface area (Å²) < 4.78 is 7.21. The third kappa shape index (κ3) is 4.50. The van der Waals surface area contributed by atoms with E-state index in [0.29, 0.717) is 17.2 Å². The fraction of sp³-hybridized carbons (Fsp3) is 0.409. The zero-order chi connectivity index (χ0) is 21.4. The van der Waals surface area contributed by atoms with Crippen molar-refractivity contribution in [2.45, 2.75) is 46.6 Å². The summed E-state index contributed by atoms with van der Waals surface area (Å²) in [6.07, 6.45) is 4.55. The maximum absolute atomic E-state index is 11.4. The Hall–Kier alpha value is -3.09. The fourth-order valence-electron chi connectivity index (χ4n) is 3.91. The Morgan fingerprint density at radius 1 is 1.24 bits per heavy atom. The van der Waals surface area contributed by atoms with Crippen LogP contribution in [0.5, 0.6) is 5.75 Å². The standard InChI is InChI=1S/C22H28N4O3/c1-21(2,3)13-22(4,5)25-18-17(24-20-23-10-7-11-26(18)20)14-8-9-15(19(27)28)16(12-14)29-6/h7-12,25H,13H2,1-6H3,(H,27,28). The zero-order valence-corrected chi connectivity index (χ0v) is 17.8. The predicted octanol–water partition coefficient (Wildman–Crippen LogP) is 4.73. The highest BCUT2D eigenvalue weighted by molar-refractivity contribution is 5.92. The molecule has 0 aliphatic heterocycles. The van der Waals surface area contributed by atoms with Gasteiger partial charge < -0.3 is 15.2 Å². The molecule has 2 aromatic heterocycles. The number of imidazole rings is 1. The number of nitrogens with zero attached hydrogens (tertiary/aromatic N) is 3. The third-order valence-electron chi connectivity index (χ3n) is 4.54. The van der Waals surface area contributed by atoms with Crippen LogP contribution in [0.4, 0.5) is 5.82 Å². The molecule has 0 saturated heterocycles. The van der Waals surface area contributed by atoms with E-state index in [2.05, 4.69) is 44.9 Å². The van der Waals surface area contributed by atoms with E-state index >= 15 is 0 Å². The van der Waals surface area contributed by atoms with Gasteiger partial charge in [-0.05, 0) is 43.9 Å². The molecular weight excluding hydrogens is 368 g/mol. The van der Waals surface area contributed by atoms with E-state index in [4.69, 9.17) is 9.72 Å². The van der Waals surface area contributed by atoms with Crippen molar-refractivity contribution >= 4 is 17.6 Å². The van der Waals surface area contributed by atoms with Gasteiger partial charge in [0.05, 0.1) is 7.11 Å². The Balaban J connectivity index is 2.14. The summed E-state index contributed by atoms with van der Waals surface area (Å²) in [4.78, 5) is 20.5. The minimum Gasteiger partial charge on any atom is -0.496 e. The quantitative estimate of drug-likeness (QED) is 0.626. The number of hydrogen-bond donors (Lipinski definition) is 2. The van der Waals surface area contributed by atoms with Crippen molar-refractivity contribution in [3.8, 4) is 17.0 Å². The summed E-state index contributed by atoms with van der Waals surface area (Å²) in [7, 11) is 1.46. The molecule has 0 aliphatic rings. The lowest BCUT2D eigenvalue weighted by atomic mass is 9.82. The van der Waals surface area contributed by atoms with Crippen molar-refractivity contribution in [2.75, 3.05) is 12.4 Å². The van der Waals surface area contributed by atoms with Crippen LogP contribution in [-0.2, 0) is 0 Å². The minimum atomic E-state index is -1.03. The summed E-state index contributed by atoms with van der Waals surface area (Å²) >= 11 is 0. The second-order valence-electron chi connectivity index (χ2n) is 9.07. The normalized spacial score (nSPS) is 12.2. The smallest absolute Gasteiger partial charge is 0.339 e. The molecule has 3 aromatic rings. The van der Waals surface area contributed by atoms with Crippen LogP contribution in [-0.4, -0.2) is 38.1 Å². The average molecular weight is 396 g/mol. The molecule has 3 rings (SSSR count). The monoisotopic (exact) mass is 396 g/mol. The summed E-state index contributed by atoms with van der Waals surface area (Å²) in [6.45, 7) is 11.0. The molecule has 0 spiro atoms. The first-order valence-electron chi connectivity index (χ1n) is 9.54. The van der Waals surface area contributed by atoms with Gasteiger partial charge in [-0.25, -0.2) is 14.8 Å². The number of anilines is 1. The number of rotatable bonds is 6. The highest BCUT2D eigenvalue weighted by atomic mass is 16.5. The molecule has 29 heavy (non-hydrogen) atoms. The van der Waals surface area contributed by atoms with Gasteiger partial charge in [-0.2, -0.15) is 0 Å². The van der Waals surface area contributed by atoms with Crippen molar-refractivity contribution in [2.24, 2.45) is 5.41 Å². The molecule has 1 aromatic carbocycles. The van der Waals surface area contributed by atoms with Gasteiger partial charge in [-0.15, -0.1) is 0 Å². The lowest BCUT2D eigenvalue weighted by molar-refractivity contribution is 0.0693. The maximum atomic E-state index is 11.4. The average Bonchev–Trinajstić information content (AvgIpc) is 2.97. The molecule has 0 aliphatic carbocycles. The SMILES string of the molecule is COc1cc(-c2nc3ncccn3c2NC(C)(C)CC(C)(C)C)ccc1C(=O)O. The largest absolute Gasteiger partial charge is 0.496 e. The van der Waals surface area contributed by atoms with Crippen molar-refractivity contribution < 1.29 is 14.6 Å². The van der Waals surface area contributed by atoms with E-state index in [1.165, 1.54) is 13.2 Å². The molecule has 0 atom stereocenters. The Morgan fingerprint density at radius 2 is 1.97 bits per heavy atom. The first-order valence-corrected chi connectivity index (χ1v) is 9.54. The molecule has 154 valence electrons. The number of methoxy groups -OCH3 is 1. The van der Waals surface area contributed by atoms with E-state index in [0.717, 1.165) is 17.8 Å². The summed E-state index contributed by atoms with van der Waals surface area (Å²) in [5.74, 6) is 0.639. The summed E-state index contributed by atoms with van der Waals surface area (Å²) in [6, 6.07) is 6.84. The van der Waals surface area contributed by atoms with E-state index in [9.17, 15) is 9.90 Å². The van der Waals surface area contributed by atoms with Gasteiger partial charge in [0.2, 0.25) is 5.78 Å². The fourth-order valence-corrected chi connectivity index (χ4v) is 3.91. The molecule has 0 saturated carbocycles. The van der Waals surface area contributed by atoms with Gasteiger partial charge in [0.15, 0.2) is 0 Å².